The quantitative estimate of drug-likeness (QED) is 0.750. The minimum absolute atomic E-state index is 0.312. The average Bonchev–Trinajstić information content (AvgIpc) is 2.72. The Morgan fingerprint density at radius 3 is 2.79 bits per heavy atom. The maximum atomic E-state index is 6.17. The van der Waals surface area contributed by atoms with Gasteiger partial charge in [-0.25, -0.2) is 0 Å². The SMILES string of the molecule is NC(Cc1ccccc1)C1CCNC1. The Balaban J connectivity index is 1.90. The fraction of sp³-hybridized carbons (Fsp3) is 0.500. The molecule has 1 aliphatic rings. The van der Waals surface area contributed by atoms with Crippen molar-refractivity contribution in [2.24, 2.45) is 11.7 Å². The molecule has 0 spiro atoms. The zero-order chi connectivity index (χ0) is 9.80. The molecule has 2 rings (SSSR count). The van der Waals surface area contributed by atoms with E-state index in [0.29, 0.717) is 12.0 Å². The van der Waals surface area contributed by atoms with Crippen molar-refractivity contribution in [1.82, 2.24) is 5.32 Å². The molecule has 0 bridgehead atoms. The third kappa shape index (κ3) is 2.34. The molecule has 1 saturated heterocycles. The highest BCUT2D eigenvalue weighted by molar-refractivity contribution is 5.16. The normalized spacial score (nSPS) is 23.6. The number of nitrogens with one attached hydrogen (secondary N) is 1. The standard InChI is InChI=1S/C12H18N2/c13-12(11-6-7-14-9-11)8-10-4-2-1-3-5-10/h1-5,11-12,14H,6-9,13H2. The molecule has 76 valence electrons. The Hall–Kier alpha value is -0.860. The van der Waals surface area contributed by atoms with E-state index in [1.165, 1.54) is 12.0 Å². The van der Waals surface area contributed by atoms with Crippen LogP contribution in [-0.4, -0.2) is 19.1 Å². The highest BCUT2D eigenvalue weighted by atomic mass is 14.9. The van der Waals surface area contributed by atoms with Crippen LogP contribution in [0.5, 0.6) is 0 Å². The number of hydrogen-bond donors (Lipinski definition) is 2. The van der Waals surface area contributed by atoms with Crippen molar-refractivity contribution in [3.63, 3.8) is 0 Å². The van der Waals surface area contributed by atoms with Gasteiger partial charge in [0, 0.05) is 6.04 Å². The zero-order valence-corrected chi connectivity index (χ0v) is 8.45. The van der Waals surface area contributed by atoms with Gasteiger partial charge in [-0.1, -0.05) is 30.3 Å². The summed E-state index contributed by atoms with van der Waals surface area (Å²) in [5.41, 5.74) is 7.52. The van der Waals surface area contributed by atoms with Gasteiger partial charge in [0.05, 0.1) is 0 Å². The minimum atomic E-state index is 0.312. The smallest absolute Gasteiger partial charge is 0.0120 e. The van der Waals surface area contributed by atoms with Crippen molar-refractivity contribution in [3.8, 4) is 0 Å². The summed E-state index contributed by atoms with van der Waals surface area (Å²) in [6.45, 7) is 2.22. The summed E-state index contributed by atoms with van der Waals surface area (Å²) in [7, 11) is 0. The van der Waals surface area contributed by atoms with E-state index in [0.717, 1.165) is 19.5 Å². The molecule has 2 nitrogen and oxygen atoms in total. The first-order chi connectivity index (χ1) is 6.86. The summed E-state index contributed by atoms with van der Waals surface area (Å²) in [6, 6.07) is 10.8. The van der Waals surface area contributed by atoms with Crippen LogP contribution in [0, 0.1) is 5.92 Å². The van der Waals surface area contributed by atoms with Crippen LogP contribution in [0.25, 0.3) is 0 Å². The van der Waals surface area contributed by atoms with Crippen molar-refractivity contribution >= 4 is 0 Å². The van der Waals surface area contributed by atoms with E-state index >= 15 is 0 Å². The zero-order valence-electron chi connectivity index (χ0n) is 8.45. The first-order valence-corrected chi connectivity index (χ1v) is 5.36. The minimum Gasteiger partial charge on any atom is -0.327 e. The van der Waals surface area contributed by atoms with E-state index in [9.17, 15) is 0 Å². The third-order valence-electron chi connectivity index (χ3n) is 3.02. The lowest BCUT2D eigenvalue weighted by atomic mass is 9.94. The second-order valence-electron chi connectivity index (χ2n) is 4.11. The fourth-order valence-corrected chi connectivity index (χ4v) is 2.10. The van der Waals surface area contributed by atoms with Crippen LogP contribution < -0.4 is 11.1 Å². The summed E-state index contributed by atoms with van der Waals surface area (Å²) in [6.07, 6.45) is 2.24. The molecule has 0 saturated carbocycles. The van der Waals surface area contributed by atoms with E-state index in [2.05, 4.69) is 29.6 Å². The molecule has 0 radical (unpaired) electrons. The number of hydrogen-bond acceptors (Lipinski definition) is 2. The molecule has 1 aromatic rings. The van der Waals surface area contributed by atoms with Crippen LogP contribution in [-0.2, 0) is 6.42 Å². The molecule has 1 fully saturated rings. The van der Waals surface area contributed by atoms with Gasteiger partial charge in [-0.2, -0.15) is 0 Å². The van der Waals surface area contributed by atoms with Gasteiger partial charge < -0.3 is 11.1 Å². The fourth-order valence-electron chi connectivity index (χ4n) is 2.10. The van der Waals surface area contributed by atoms with Gasteiger partial charge >= 0.3 is 0 Å². The van der Waals surface area contributed by atoms with Crippen molar-refractivity contribution in [3.05, 3.63) is 35.9 Å². The highest BCUT2D eigenvalue weighted by Gasteiger charge is 2.21. The van der Waals surface area contributed by atoms with Gasteiger partial charge in [0.1, 0.15) is 0 Å². The Bertz CT molecular complexity index is 265. The number of benzene rings is 1. The summed E-state index contributed by atoms with van der Waals surface area (Å²) >= 11 is 0. The molecule has 1 aromatic carbocycles. The topological polar surface area (TPSA) is 38.0 Å². The molecule has 2 heteroatoms. The predicted octanol–water partition coefficient (Wildman–Crippen LogP) is 1.17. The molecule has 1 heterocycles. The Morgan fingerprint density at radius 1 is 1.36 bits per heavy atom. The summed E-state index contributed by atoms with van der Waals surface area (Å²) in [4.78, 5) is 0. The molecule has 0 amide bonds. The lowest BCUT2D eigenvalue weighted by Crippen LogP contribution is -2.33. The van der Waals surface area contributed by atoms with Crippen LogP contribution in [0.1, 0.15) is 12.0 Å². The van der Waals surface area contributed by atoms with Crippen LogP contribution in [0.3, 0.4) is 0 Å². The average molecular weight is 190 g/mol. The first-order valence-electron chi connectivity index (χ1n) is 5.36. The van der Waals surface area contributed by atoms with Gasteiger partial charge in [-0.3, -0.25) is 0 Å². The Morgan fingerprint density at radius 2 is 2.14 bits per heavy atom. The van der Waals surface area contributed by atoms with Crippen molar-refractivity contribution in [2.75, 3.05) is 13.1 Å². The van der Waals surface area contributed by atoms with Gasteiger partial charge in [0.15, 0.2) is 0 Å². The molecule has 0 aliphatic carbocycles. The van der Waals surface area contributed by atoms with Crippen molar-refractivity contribution in [1.29, 1.82) is 0 Å². The van der Waals surface area contributed by atoms with Gasteiger partial charge in [-0.05, 0) is 37.4 Å². The number of rotatable bonds is 3. The predicted molar refractivity (Wildman–Crippen MR) is 59.1 cm³/mol. The van der Waals surface area contributed by atoms with E-state index in [4.69, 9.17) is 5.73 Å². The summed E-state index contributed by atoms with van der Waals surface area (Å²) in [5.74, 6) is 0.662. The maximum absolute atomic E-state index is 6.17. The second-order valence-corrected chi connectivity index (χ2v) is 4.11. The molecular formula is C12H18N2. The van der Waals surface area contributed by atoms with Gasteiger partial charge in [-0.15, -0.1) is 0 Å². The lowest BCUT2D eigenvalue weighted by Gasteiger charge is -2.17. The molecule has 3 N–H and O–H groups in total. The van der Waals surface area contributed by atoms with Gasteiger partial charge in [0.2, 0.25) is 0 Å². The largest absolute Gasteiger partial charge is 0.327 e. The Kier molecular flexibility index (Phi) is 3.17. The third-order valence-corrected chi connectivity index (χ3v) is 3.02. The molecule has 2 atom stereocenters. The Labute approximate surface area is 85.5 Å². The van der Waals surface area contributed by atoms with Gasteiger partial charge in [0.25, 0.3) is 0 Å². The molecular weight excluding hydrogens is 172 g/mol. The number of nitrogens with two attached hydrogens (primary N) is 1. The second kappa shape index (κ2) is 4.58. The van der Waals surface area contributed by atoms with E-state index in [-0.39, 0.29) is 0 Å². The van der Waals surface area contributed by atoms with E-state index < -0.39 is 0 Å². The van der Waals surface area contributed by atoms with Crippen LogP contribution in [0.15, 0.2) is 30.3 Å². The first kappa shape index (κ1) is 9.69. The van der Waals surface area contributed by atoms with Crippen molar-refractivity contribution in [2.45, 2.75) is 18.9 Å². The van der Waals surface area contributed by atoms with Crippen LogP contribution in [0.2, 0.25) is 0 Å². The van der Waals surface area contributed by atoms with E-state index in [1.54, 1.807) is 0 Å². The lowest BCUT2D eigenvalue weighted by molar-refractivity contribution is 0.452. The van der Waals surface area contributed by atoms with E-state index in [1.807, 2.05) is 6.07 Å². The molecule has 14 heavy (non-hydrogen) atoms. The van der Waals surface area contributed by atoms with Crippen LogP contribution >= 0.6 is 0 Å². The molecule has 2 unspecified atom stereocenters. The maximum Gasteiger partial charge on any atom is 0.0120 e. The summed E-state index contributed by atoms with van der Waals surface area (Å²) < 4.78 is 0. The van der Waals surface area contributed by atoms with Crippen molar-refractivity contribution < 1.29 is 0 Å². The molecule has 1 aliphatic heterocycles. The van der Waals surface area contributed by atoms with Crippen LogP contribution in [0.4, 0.5) is 0 Å². The summed E-state index contributed by atoms with van der Waals surface area (Å²) in [5, 5.41) is 3.36. The molecule has 0 aromatic heterocycles. The highest BCUT2D eigenvalue weighted by Crippen LogP contribution is 2.14. The monoisotopic (exact) mass is 190 g/mol.